The fraction of sp³-hybridized carbons (Fsp3) is 0.700. The van der Waals surface area contributed by atoms with E-state index in [2.05, 4.69) is 29.5 Å². The summed E-state index contributed by atoms with van der Waals surface area (Å²) >= 11 is 0. The van der Waals surface area contributed by atoms with Crippen molar-refractivity contribution in [2.45, 2.75) is 103 Å². The Morgan fingerprint density at radius 1 is 1.14 bits per heavy atom. The van der Waals surface area contributed by atoms with E-state index in [1.165, 1.54) is 43.2 Å². The van der Waals surface area contributed by atoms with E-state index in [0.29, 0.717) is 35.2 Å². The first kappa shape index (κ1) is 23.2. The van der Waals surface area contributed by atoms with Crippen molar-refractivity contribution in [1.82, 2.24) is 15.0 Å². The smallest absolute Gasteiger partial charge is 0.139 e. The van der Waals surface area contributed by atoms with Crippen molar-refractivity contribution in [2.24, 2.45) is 29.1 Å². The predicted molar refractivity (Wildman–Crippen MR) is 136 cm³/mol. The second kappa shape index (κ2) is 9.37. The third-order valence-corrected chi connectivity index (χ3v) is 10.3. The Morgan fingerprint density at radius 2 is 2.00 bits per heavy atom. The number of aryl methyl sites for hydroxylation is 2. The maximum atomic E-state index is 13.3. The lowest BCUT2D eigenvalue weighted by molar-refractivity contribution is -0.129. The quantitative estimate of drug-likeness (QED) is 0.537. The number of benzene rings is 1. The number of hydrogen-bond acceptors (Lipinski definition) is 4. The van der Waals surface area contributed by atoms with Gasteiger partial charge in [0.2, 0.25) is 0 Å². The van der Waals surface area contributed by atoms with Crippen LogP contribution in [0.5, 0.6) is 5.75 Å². The first-order valence-corrected chi connectivity index (χ1v) is 14.3. The van der Waals surface area contributed by atoms with Gasteiger partial charge in [0.15, 0.2) is 0 Å². The molecule has 1 heterocycles. The van der Waals surface area contributed by atoms with Crippen LogP contribution in [0.25, 0.3) is 0 Å². The summed E-state index contributed by atoms with van der Waals surface area (Å²) < 4.78 is 2.04. The normalized spacial score (nSPS) is 32.8. The Balaban J connectivity index is 1.11. The number of ketones is 1. The molecule has 1 aromatic carbocycles. The van der Waals surface area contributed by atoms with Crippen LogP contribution in [0.4, 0.5) is 0 Å². The van der Waals surface area contributed by atoms with Gasteiger partial charge in [-0.2, -0.15) is 0 Å². The molecule has 0 bridgehead atoms. The summed E-state index contributed by atoms with van der Waals surface area (Å²) in [6, 6.07) is 5.98. The molecule has 0 amide bonds. The average molecular weight is 476 g/mol. The predicted octanol–water partition coefficient (Wildman–Crippen LogP) is 6.24. The summed E-state index contributed by atoms with van der Waals surface area (Å²) in [5, 5.41) is 18.9. The highest BCUT2D eigenvalue weighted by Crippen LogP contribution is 2.62. The lowest BCUT2D eigenvalue weighted by Gasteiger charge is -2.50. The van der Waals surface area contributed by atoms with Gasteiger partial charge in [0, 0.05) is 24.6 Å². The van der Waals surface area contributed by atoms with Gasteiger partial charge in [-0.3, -0.25) is 9.48 Å². The molecule has 0 spiro atoms. The van der Waals surface area contributed by atoms with Gasteiger partial charge in [0.05, 0.1) is 5.69 Å². The fourth-order valence-electron chi connectivity index (χ4n) is 8.64. The van der Waals surface area contributed by atoms with E-state index >= 15 is 0 Å². The topological polar surface area (TPSA) is 68.0 Å². The largest absolute Gasteiger partial charge is 0.508 e. The summed E-state index contributed by atoms with van der Waals surface area (Å²) in [5.41, 5.74) is 3.78. The van der Waals surface area contributed by atoms with Crippen molar-refractivity contribution in [3.05, 3.63) is 41.2 Å². The number of Topliss-reactive ketones (excluding diaryl/α,β-unsaturated/α-hetero) is 1. The number of aromatic nitrogens is 3. The molecule has 3 fully saturated rings. The van der Waals surface area contributed by atoms with Crippen molar-refractivity contribution < 1.29 is 9.90 Å². The fourth-order valence-corrected chi connectivity index (χ4v) is 8.64. The molecular weight excluding hydrogens is 434 g/mol. The first-order chi connectivity index (χ1) is 17.0. The maximum absolute atomic E-state index is 13.3. The van der Waals surface area contributed by atoms with Gasteiger partial charge in [-0.15, -0.1) is 5.10 Å². The molecule has 5 heteroatoms. The van der Waals surface area contributed by atoms with Crippen molar-refractivity contribution in [2.75, 3.05) is 0 Å². The number of phenolic OH excluding ortho intramolecular Hbond substituents is 1. The second-order valence-electron chi connectivity index (χ2n) is 12.4. The van der Waals surface area contributed by atoms with Crippen molar-refractivity contribution in [3.63, 3.8) is 0 Å². The SMILES string of the molecule is C[C@]12CC[C@@H]3c4ccc(O)cc4CC[C@H]3[C@@H]1[C@H](CCCn1cc(CC3CCCCC3)nn1)CC2=O. The zero-order chi connectivity index (χ0) is 24.0. The summed E-state index contributed by atoms with van der Waals surface area (Å²) in [7, 11) is 0. The molecule has 2 aromatic rings. The van der Waals surface area contributed by atoms with E-state index in [9.17, 15) is 9.90 Å². The average Bonchev–Trinajstić information content (AvgIpc) is 3.40. The molecule has 0 aliphatic heterocycles. The van der Waals surface area contributed by atoms with E-state index in [0.717, 1.165) is 69.5 Å². The van der Waals surface area contributed by atoms with Gasteiger partial charge in [-0.1, -0.05) is 50.3 Å². The summed E-state index contributed by atoms with van der Waals surface area (Å²) in [6.07, 6.45) is 17.3. The number of fused-ring (bicyclic) bond motifs is 5. The molecule has 188 valence electrons. The van der Waals surface area contributed by atoms with Crippen LogP contribution in [0.3, 0.4) is 0 Å². The molecule has 1 aromatic heterocycles. The second-order valence-corrected chi connectivity index (χ2v) is 12.4. The van der Waals surface area contributed by atoms with Gasteiger partial charge in [0.25, 0.3) is 0 Å². The molecule has 5 nitrogen and oxygen atoms in total. The minimum atomic E-state index is -0.138. The molecule has 0 radical (unpaired) electrons. The van der Waals surface area contributed by atoms with Crippen molar-refractivity contribution in [3.8, 4) is 5.75 Å². The van der Waals surface area contributed by atoms with E-state index < -0.39 is 0 Å². The third-order valence-electron chi connectivity index (χ3n) is 10.3. The Bertz CT molecular complexity index is 1070. The minimum Gasteiger partial charge on any atom is -0.508 e. The molecule has 5 atom stereocenters. The lowest BCUT2D eigenvalue weighted by atomic mass is 9.54. The number of hydrogen-bond donors (Lipinski definition) is 1. The van der Waals surface area contributed by atoms with E-state index in [1.54, 1.807) is 0 Å². The Morgan fingerprint density at radius 3 is 2.86 bits per heavy atom. The number of nitrogens with zero attached hydrogens (tertiary/aromatic N) is 3. The summed E-state index contributed by atoms with van der Waals surface area (Å²) in [6.45, 7) is 3.18. The van der Waals surface area contributed by atoms with Crippen LogP contribution in [0.1, 0.15) is 100 Å². The third kappa shape index (κ3) is 4.34. The summed E-state index contributed by atoms with van der Waals surface area (Å²) in [4.78, 5) is 13.3. The van der Waals surface area contributed by atoms with Crippen LogP contribution in [0.15, 0.2) is 24.4 Å². The summed E-state index contributed by atoms with van der Waals surface area (Å²) in [5.74, 6) is 3.81. The molecule has 3 saturated carbocycles. The van der Waals surface area contributed by atoms with Crippen molar-refractivity contribution >= 4 is 5.78 Å². The number of rotatable bonds is 6. The zero-order valence-corrected chi connectivity index (χ0v) is 21.3. The number of carbonyl (C=O) groups is 1. The van der Waals surface area contributed by atoms with Gasteiger partial charge >= 0.3 is 0 Å². The van der Waals surface area contributed by atoms with Gasteiger partial charge < -0.3 is 5.11 Å². The van der Waals surface area contributed by atoms with Crippen LogP contribution in [-0.4, -0.2) is 25.9 Å². The number of phenols is 1. The maximum Gasteiger partial charge on any atom is 0.139 e. The standard InChI is InChI=1S/C30H41N3O2/c1-30-14-13-26-25-12-10-24(34)17-21(25)9-11-27(26)29(30)22(18-28(30)35)8-5-15-33-19-23(31-32-33)16-20-6-3-2-4-7-20/h10,12,17,19-20,22,26-27,29,34H,2-9,11,13-16,18H2,1H3/t22-,26-,27-,29+,30-/m1/s1. The van der Waals surface area contributed by atoms with E-state index in [1.807, 2.05) is 16.8 Å². The minimum absolute atomic E-state index is 0.138. The molecule has 35 heavy (non-hydrogen) atoms. The Labute approximate surface area is 209 Å². The van der Waals surface area contributed by atoms with Gasteiger partial charge in [-0.25, -0.2) is 0 Å². The van der Waals surface area contributed by atoms with Crippen LogP contribution in [0.2, 0.25) is 0 Å². The molecule has 4 aliphatic carbocycles. The Kier molecular flexibility index (Phi) is 6.22. The lowest BCUT2D eigenvalue weighted by Crippen LogP contribution is -2.44. The van der Waals surface area contributed by atoms with Gasteiger partial charge in [-0.05, 0) is 97.8 Å². The Hall–Kier alpha value is -2.17. The number of carbonyl (C=O) groups excluding carboxylic acids is 1. The molecule has 6 rings (SSSR count). The highest BCUT2D eigenvalue weighted by molar-refractivity contribution is 5.87. The molecule has 0 saturated heterocycles. The zero-order valence-electron chi connectivity index (χ0n) is 21.3. The van der Waals surface area contributed by atoms with Crippen LogP contribution < -0.4 is 0 Å². The monoisotopic (exact) mass is 475 g/mol. The molecule has 0 unspecified atom stereocenters. The van der Waals surface area contributed by atoms with E-state index in [4.69, 9.17) is 0 Å². The number of aromatic hydroxyl groups is 1. The van der Waals surface area contributed by atoms with E-state index in [-0.39, 0.29) is 5.41 Å². The van der Waals surface area contributed by atoms with Gasteiger partial charge in [0.1, 0.15) is 11.5 Å². The van der Waals surface area contributed by atoms with Crippen LogP contribution in [0, 0.1) is 29.1 Å². The molecular formula is C30H41N3O2. The highest BCUT2D eigenvalue weighted by Gasteiger charge is 2.58. The van der Waals surface area contributed by atoms with Crippen LogP contribution >= 0.6 is 0 Å². The van der Waals surface area contributed by atoms with Crippen molar-refractivity contribution in [1.29, 1.82) is 0 Å². The first-order valence-electron chi connectivity index (χ1n) is 14.3. The highest BCUT2D eigenvalue weighted by atomic mass is 16.3. The molecule has 4 aliphatic rings. The van der Waals surface area contributed by atoms with Crippen LogP contribution in [-0.2, 0) is 24.2 Å². The molecule has 1 N–H and O–H groups in total.